The summed E-state index contributed by atoms with van der Waals surface area (Å²) in [6, 6.07) is 16.8. The zero-order chi connectivity index (χ0) is 23.7. The number of carbonyl (C=O) groups is 3. The van der Waals surface area contributed by atoms with Gasteiger partial charge in [-0.1, -0.05) is 53.0 Å². The number of benzene rings is 3. The van der Waals surface area contributed by atoms with Crippen LogP contribution < -0.4 is 10.6 Å². The molecule has 0 unspecified atom stereocenters. The summed E-state index contributed by atoms with van der Waals surface area (Å²) < 4.78 is 0.888. The molecule has 9 heteroatoms. The first kappa shape index (κ1) is 22.4. The molecule has 33 heavy (non-hydrogen) atoms. The first-order valence-corrected chi connectivity index (χ1v) is 10.5. The lowest BCUT2D eigenvalue weighted by Gasteiger charge is -2.08. The Morgan fingerprint density at radius 1 is 0.879 bits per heavy atom. The van der Waals surface area contributed by atoms with Gasteiger partial charge in [0.2, 0.25) is 5.88 Å². The van der Waals surface area contributed by atoms with E-state index in [2.05, 4.69) is 10.6 Å². The molecule has 3 amide bonds. The number of amides is 3. The molecule has 3 aromatic carbocycles. The standard InChI is InChI=1S/C24H17Cl2N3O4/c1-13-7-10-19-16(11-13)20(22(31)27-15-8-9-17(25)18(26)12-15)23(32)29(19)24(33)28-21(30)14-5-3-2-4-6-14/h2-12,32H,1H3,(H,27,31)(H,28,30,33). The van der Waals surface area contributed by atoms with E-state index in [1.54, 1.807) is 54.6 Å². The largest absolute Gasteiger partial charge is 0.494 e. The van der Waals surface area contributed by atoms with E-state index in [0.717, 1.165) is 10.1 Å². The molecule has 0 aliphatic rings. The number of fused-ring (bicyclic) bond motifs is 1. The van der Waals surface area contributed by atoms with Gasteiger partial charge in [0.15, 0.2) is 0 Å². The van der Waals surface area contributed by atoms with Crippen LogP contribution in [0.1, 0.15) is 26.3 Å². The van der Waals surface area contributed by atoms with Crippen molar-refractivity contribution in [3.63, 3.8) is 0 Å². The third-order valence-electron chi connectivity index (χ3n) is 4.96. The Hall–Kier alpha value is -3.81. The van der Waals surface area contributed by atoms with Crippen molar-refractivity contribution in [3.8, 4) is 5.88 Å². The first-order valence-electron chi connectivity index (χ1n) is 9.77. The van der Waals surface area contributed by atoms with Crippen molar-refractivity contribution in [1.29, 1.82) is 0 Å². The van der Waals surface area contributed by atoms with Gasteiger partial charge in [0.05, 0.1) is 15.6 Å². The van der Waals surface area contributed by atoms with Crippen LogP contribution in [0.2, 0.25) is 10.0 Å². The van der Waals surface area contributed by atoms with Crippen LogP contribution in [0.15, 0.2) is 66.7 Å². The summed E-state index contributed by atoms with van der Waals surface area (Å²) in [6.45, 7) is 1.81. The molecule has 0 saturated carbocycles. The summed E-state index contributed by atoms with van der Waals surface area (Å²) in [6.07, 6.45) is 0. The van der Waals surface area contributed by atoms with Gasteiger partial charge in [-0.2, -0.15) is 0 Å². The number of anilines is 1. The number of aryl methyl sites for hydroxylation is 1. The fraction of sp³-hybridized carbons (Fsp3) is 0.0417. The van der Waals surface area contributed by atoms with Gasteiger partial charge in [0.1, 0.15) is 5.56 Å². The van der Waals surface area contributed by atoms with Gasteiger partial charge in [-0.25, -0.2) is 9.36 Å². The normalized spacial score (nSPS) is 10.8. The van der Waals surface area contributed by atoms with Crippen molar-refractivity contribution >= 4 is 57.6 Å². The minimum absolute atomic E-state index is 0.123. The van der Waals surface area contributed by atoms with Crippen LogP contribution >= 0.6 is 23.2 Å². The molecule has 3 N–H and O–H groups in total. The van der Waals surface area contributed by atoms with E-state index in [9.17, 15) is 19.5 Å². The van der Waals surface area contributed by atoms with Crippen LogP contribution in [0.4, 0.5) is 10.5 Å². The van der Waals surface area contributed by atoms with Gasteiger partial charge in [-0.15, -0.1) is 0 Å². The van der Waals surface area contributed by atoms with Crippen LogP contribution in [-0.4, -0.2) is 27.5 Å². The molecule has 0 aliphatic heterocycles. The highest BCUT2D eigenvalue weighted by Crippen LogP contribution is 2.33. The third kappa shape index (κ3) is 4.41. The Morgan fingerprint density at radius 2 is 1.61 bits per heavy atom. The van der Waals surface area contributed by atoms with Gasteiger partial charge in [-0.3, -0.25) is 14.9 Å². The van der Waals surface area contributed by atoms with E-state index in [-0.39, 0.29) is 21.7 Å². The predicted octanol–water partition coefficient (Wildman–Crippen LogP) is 5.61. The van der Waals surface area contributed by atoms with Crippen LogP contribution in [0, 0.1) is 6.92 Å². The van der Waals surface area contributed by atoms with Crippen LogP contribution in [0.25, 0.3) is 10.9 Å². The molecule has 4 aromatic rings. The van der Waals surface area contributed by atoms with Crippen molar-refractivity contribution in [2.24, 2.45) is 0 Å². The highest BCUT2D eigenvalue weighted by molar-refractivity contribution is 6.42. The molecule has 0 atom stereocenters. The van der Waals surface area contributed by atoms with E-state index in [1.807, 2.05) is 6.92 Å². The maximum absolute atomic E-state index is 13.1. The quantitative estimate of drug-likeness (QED) is 0.353. The van der Waals surface area contributed by atoms with E-state index in [1.165, 1.54) is 12.1 Å². The maximum Gasteiger partial charge on any atom is 0.335 e. The number of nitrogens with one attached hydrogen (secondary N) is 2. The number of halogens is 2. The molecule has 1 heterocycles. The molecule has 0 fully saturated rings. The number of hydrogen-bond donors (Lipinski definition) is 3. The van der Waals surface area contributed by atoms with Crippen molar-refractivity contribution in [2.45, 2.75) is 6.92 Å². The summed E-state index contributed by atoms with van der Waals surface area (Å²) in [5.41, 5.74) is 1.57. The molecule has 7 nitrogen and oxygen atoms in total. The Morgan fingerprint density at radius 3 is 2.30 bits per heavy atom. The molecule has 0 aliphatic carbocycles. The van der Waals surface area contributed by atoms with Crippen LogP contribution in [-0.2, 0) is 0 Å². The number of rotatable bonds is 3. The average Bonchev–Trinajstić information content (AvgIpc) is 3.07. The summed E-state index contributed by atoms with van der Waals surface area (Å²) in [4.78, 5) is 38.5. The van der Waals surface area contributed by atoms with Gasteiger partial charge < -0.3 is 10.4 Å². The fourth-order valence-electron chi connectivity index (χ4n) is 3.40. The van der Waals surface area contributed by atoms with Gasteiger partial charge >= 0.3 is 6.03 Å². The van der Waals surface area contributed by atoms with Gasteiger partial charge in [0, 0.05) is 16.6 Å². The van der Waals surface area contributed by atoms with E-state index >= 15 is 0 Å². The Kier molecular flexibility index (Phi) is 6.09. The van der Waals surface area contributed by atoms with Crippen molar-refractivity contribution in [1.82, 2.24) is 9.88 Å². The topological polar surface area (TPSA) is 100 Å². The summed E-state index contributed by atoms with van der Waals surface area (Å²) in [5.74, 6) is -1.91. The second kappa shape index (κ2) is 8.97. The third-order valence-corrected chi connectivity index (χ3v) is 5.70. The number of carbonyl (C=O) groups excluding carboxylic acids is 3. The number of aromatic nitrogens is 1. The van der Waals surface area contributed by atoms with Gasteiger partial charge in [-0.05, 0) is 49.4 Å². The van der Waals surface area contributed by atoms with Crippen molar-refractivity contribution in [3.05, 3.63) is 93.5 Å². The maximum atomic E-state index is 13.1. The molecular weight excluding hydrogens is 465 g/mol. The minimum atomic E-state index is -0.899. The molecule has 0 saturated heterocycles. The average molecular weight is 482 g/mol. The lowest BCUT2D eigenvalue weighted by molar-refractivity contribution is 0.0963. The highest BCUT2D eigenvalue weighted by atomic mass is 35.5. The minimum Gasteiger partial charge on any atom is -0.494 e. The zero-order valence-electron chi connectivity index (χ0n) is 17.2. The second-order valence-corrected chi connectivity index (χ2v) is 8.08. The SMILES string of the molecule is Cc1ccc2c(c1)c(C(=O)Nc1ccc(Cl)c(Cl)c1)c(O)n2C(=O)NC(=O)c1ccccc1. The molecule has 0 radical (unpaired) electrons. The Bertz CT molecular complexity index is 1410. The molecule has 1 aromatic heterocycles. The summed E-state index contributed by atoms with van der Waals surface area (Å²) in [5, 5.41) is 16.7. The van der Waals surface area contributed by atoms with E-state index in [4.69, 9.17) is 23.2 Å². The lowest BCUT2D eigenvalue weighted by Crippen LogP contribution is -2.34. The number of aromatic hydroxyl groups is 1. The van der Waals surface area contributed by atoms with E-state index < -0.39 is 23.7 Å². The molecule has 0 spiro atoms. The first-order chi connectivity index (χ1) is 15.8. The monoisotopic (exact) mass is 481 g/mol. The van der Waals surface area contributed by atoms with Crippen LogP contribution in [0.3, 0.4) is 0 Å². The Labute approximate surface area is 198 Å². The molecule has 0 bridgehead atoms. The van der Waals surface area contributed by atoms with Crippen LogP contribution in [0.5, 0.6) is 5.88 Å². The summed E-state index contributed by atoms with van der Waals surface area (Å²) >= 11 is 11.9. The Balaban J connectivity index is 1.73. The number of imide groups is 1. The zero-order valence-corrected chi connectivity index (χ0v) is 18.7. The van der Waals surface area contributed by atoms with Crippen molar-refractivity contribution in [2.75, 3.05) is 5.32 Å². The lowest BCUT2D eigenvalue weighted by atomic mass is 10.1. The summed E-state index contributed by atoms with van der Waals surface area (Å²) in [7, 11) is 0. The molecule has 166 valence electrons. The number of hydrogen-bond acceptors (Lipinski definition) is 4. The van der Waals surface area contributed by atoms with E-state index in [0.29, 0.717) is 16.1 Å². The fourth-order valence-corrected chi connectivity index (χ4v) is 3.70. The molecular formula is C24H17Cl2N3O4. The smallest absolute Gasteiger partial charge is 0.335 e. The predicted molar refractivity (Wildman–Crippen MR) is 127 cm³/mol. The van der Waals surface area contributed by atoms with Gasteiger partial charge in [0.25, 0.3) is 11.8 Å². The van der Waals surface area contributed by atoms with Crippen molar-refractivity contribution < 1.29 is 19.5 Å². The molecule has 4 rings (SSSR count). The second-order valence-electron chi connectivity index (χ2n) is 7.26. The number of nitrogens with zero attached hydrogens (tertiary/aromatic N) is 1. The highest BCUT2D eigenvalue weighted by Gasteiger charge is 2.27.